The molecule has 122 valence electrons. The average Bonchev–Trinajstić information content (AvgIpc) is 2.81. The molecule has 1 unspecified atom stereocenters. The molecule has 2 rings (SSSR count). The molecule has 1 aromatic rings. The second kappa shape index (κ2) is 7.76. The second-order valence-corrected chi connectivity index (χ2v) is 7.36. The number of ketones is 1. The Balaban J connectivity index is 2.14. The third-order valence-electron chi connectivity index (χ3n) is 3.68. The van der Waals surface area contributed by atoms with Gasteiger partial charge in [-0.3, -0.25) is 9.59 Å². The number of Topliss-reactive ketones (excluding diaryl/α,β-unsaturated/α-hetero) is 1. The molecule has 1 saturated carbocycles. The summed E-state index contributed by atoms with van der Waals surface area (Å²) in [6.45, 7) is 5.03. The summed E-state index contributed by atoms with van der Waals surface area (Å²) in [5.41, 5.74) is 5.22. The maximum Gasteiger partial charge on any atom is 0.217 e. The summed E-state index contributed by atoms with van der Waals surface area (Å²) in [7, 11) is 0. The molecule has 1 aliphatic rings. The third-order valence-corrected chi connectivity index (χ3v) is 4.98. The van der Waals surface area contributed by atoms with Crippen LogP contribution in [0, 0.1) is 5.92 Å². The zero-order valence-electron chi connectivity index (χ0n) is 13.2. The van der Waals surface area contributed by atoms with Gasteiger partial charge >= 0.3 is 0 Å². The van der Waals surface area contributed by atoms with E-state index < -0.39 is 0 Å². The number of nitrogens with two attached hydrogens (primary N) is 1. The van der Waals surface area contributed by atoms with Crippen LogP contribution < -0.4 is 5.73 Å². The smallest absolute Gasteiger partial charge is 0.217 e. The van der Waals surface area contributed by atoms with Crippen molar-refractivity contribution >= 4 is 23.5 Å². The summed E-state index contributed by atoms with van der Waals surface area (Å²) >= 11 is 1.52. The monoisotopic (exact) mass is 324 g/mol. The SMILES string of the molecule is CC(C)Cn1c(CCC(N)=O)nnc1SC1CCCCC1=O. The van der Waals surface area contributed by atoms with Crippen LogP contribution in [0.25, 0.3) is 0 Å². The van der Waals surface area contributed by atoms with Crippen LogP contribution in [-0.4, -0.2) is 31.7 Å². The van der Waals surface area contributed by atoms with E-state index in [4.69, 9.17) is 5.73 Å². The summed E-state index contributed by atoms with van der Waals surface area (Å²) < 4.78 is 2.04. The highest BCUT2D eigenvalue weighted by molar-refractivity contribution is 8.00. The highest BCUT2D eigenvalue weighted by atomic mass is 32.2. The first-order valence-electron chi connectivity index (χ1n) is 7.87. The van der Waals surface area contributed by atoms with Gasteiger partial charge in [-0.1, -0.05) is 32.0 Å². The number of hydrogen-bond donors (Lipinski definition) is 1. The van der Waals surface area contributed by atoms with Crippen LogP contribution in [0.5, 0.6) is 0 Å². The fraction of sp³-hybridized carbons (Fsp3) is 0.733. The predicted octanol–water partition coefficient (Wildman–Crippen LogP) is 1.96. The maximum atomic E-state index is 12.0. The van der Waals surface area contributed by atoms with Crippen molar-refractivity contribution in [2.24, 2.45) is 11.7 Å². The topological polar surface area (TPSA) is 90.9 Å². The van der Waals surface area contributed by atoms with E-state index >= 15 is 0 Å². The molecule has 0 aliphatic heterocycles. The van der Waals surface area contributed by atoms with Crippen LogP contribution in [-0.2, 0) is 22.6 Å². The van der Waals surface area contributed by atoms with Crippen LogP contribution in [0.2, 0.25) is 0 Å². The van der Waals surface area contributed by atoms with Crippen LogP contribution >= 0.6 is 11.8 Å². The van der Waals surface area contributed by atoms with Gasteiger partial charge in [0.25, 0.3) is 0 Å². The van der Waals surface area contributed by atoms with Gasteiger partial charge in [-0.15, -0.1) is 10.2 Å². The van der Waals surface area contributed by atoms with Gasteiger partial charge in [-0.25, -0.2) is 0 Å². The Bertz CT molecular complexity index is 542. The van der Waals surface area contributed by atoms with Gasteiger partial charge in [0.05, 0.1) is 5.25 Å². The van der Waals surface area contributed by atoms with Crippen LogP contribution in [0.4, 0.5) is 0 Å². The Kier molecular flexibility index (Phi) is 5.99. The van der Waals surface area contributed by atoms with E-state index in [9.17, 15) is 9.59 Å². The Morgan fingerprint density at radius 2 is 2.18 bits per heavy atom. The van der Waals surface area contributed by atoms with Crippen molar-refractivity contribution < 1.29 is 9.59 Å². The highest BCUT2D eigenvalue weighted by Gasteiger charge is 2.26. The van der Waals surface area contributed by atoms with Crippen molar-refractivity contribution in [2.45, 2.75) is 69.3 Å². The number of primary amides is 1. The maximum absolute atomic E-state index is 12.0. The van der Waals surface area contributed by atoms with E-state index in [0.29, 0.717) is 24.5 Å². The van der Waals surface area contributed by atoms with Crippen molar-refractivity contribution in [1.82, 2.24) is 14.8 Å². The van der Waals surface area contributed by atoms with Gasteiger partial charge < -0.3 is 10.3 Å². The van der Waals surface area contributed by atoms with Gasteiger partial charge in [-0.2, -0.15) is 0 Å². The molecular weight excluding hydrogens is 300 g/mol. The van der Waals surface area contributed by atoms with Gasteiger partial charge in [0.15, 0.2) is 5.16 Å². The molecule has 0 spiro atoms. The summed E-state index contributed by atoms with van der Waals surface area (Å²) in [6, 6.07) is 0. The Morgan fingerprint density at radius 1 is 1.41 bits per heavy atom. The molecule has 0 aromatic carbocycles. The lowest BCUT2D eigenvalue weighted by Gasteiger charge is -2.20. The Hall–Kier alpha value is -1.37. The molecule has 22 heavy (non-hydrogen) atoms. The van der Waals surface area contributed by atoms with Gasteiger partial charge in [0, 0.05) is 25.8 Å². The number of aromatic nitrogens is 3. The minimum atomic E-state index is -0.337. The van der Waals surface area contributed by atoms with Crippen molar-refractivity contribution in [3.63, 3.8) is 0 Å². The zero-order valence-corrected chi connectivity index (χ0v) is 14.1. The molecule has 1 heterocycles. The van der Waals surface area contributed by atoms with Crippen molar-refractivity contribution in [1.29, 1.82) is 0 Å². The number of carbonyl (C=O) groups is 2. The zero-order chi connectivity index (χ0) is 16.1. The highest BCUT2D eigenvalue weighted by Crippen LogP contribution is 2.31. The lowest BCUT2D eigenvalue weighted by molar-refractivity contribution is -0.120. The summed E-state index contributed by atoms with van der Waals surface area (Å²) in [5.74, 6) is 1.19. The number of nitrogens with zero attached hydrogens (tertiary/aromatic N) is 3. The van der Waals surface area contributed by atoms with E-state index in [2.05, 4.69) is 24.0 Å². The third kappa shape index (κ3) is 4.56. The lowest BCUT2D eigenvalue weighted by atomic mass is 9.99. The summed E-state index contributed by atoms with van der Waals surface area (Å²) in [5, 5.41) is 9.23. The molecule has 6 nitrogen and oxygen atoms in total. The fourth-order valence-corrected chi connectivity index (χ4v) is 3.76. The minimum Gasteiger partial charge on any atom is -0.370 e. The molecule has 7 heteroatoms. The molecule has 0 bridgehead atoms. The molecule has 1 aliphatic carbocycles. The Labute approximate surface area is 135 Å². The van der Waals surface area contributed by atoms with E-state index in [0.717, 1.165) is 36.8 Å². The molecule has 1 amide bonds. The van der Waals surface area contributed by atoms with Crippen LogP contribution in [0.1, 0.15) is 51.8 Å². The van der Waals surface area contributed by atoms with Gasteiger partial charge in [0.1, 0.15) is 11.6 Å². The first kappa shape index (κ1) is 17.0. The molecule has 1 atom stereocenters. The number of aryl methyl sites for hydroxylation is 1. The van der Waals surface area contributed by atoms with Crippen molar-refractivity contribution in [3.8, 4) is 0 Å². The minimum absolute atomic E-state index is 0.00662. The summed E-state index contributed by atoms with van der Waals surface area (Å²) in [4.78, 5) is 23.0. The van der Waals surface area contributed by atoms with E-state index in [1.54, 1.807) is 0 Å². The molecule has 0 radical (unpaired) electrons. The van der Waals surface area contributed by atoms with Gasteiger partial charge in [-0.05, 0) is 18.8 Å². The molecule has 0 saturated heterocycles. The number of rotatable bonds is 7. The molecule has 1 fully saturated rings. The van der Waals surface area contributed by atoms with E-state index in [1.807, 2.05) is 4.57 Å². The first-order chi connectivity index (χ1) is 10.5. The molecule has 2 N–H and O–H groups in total. The molecular formula is C15H24N4O2S. The lowest BCUT2D eigenvalue weighted by Crippen LogP contribution is -2.22. The number of thioether (sulfide) groups is 1. The van der Waals surface area contributed by atoms with Crippen molar-refractivity contribution in [3.05, 3.63) is 5.82 Å². The quantitative estimate of drug-likeness (QED) is 0.828. The number of carbonyl (C=O) groups excluding carboxylic acids is 2. The summed E-state index contributed by atoms with van der Waals surface area (Å²) in [6.07, 6.45) is 4.44. The normalized spacial score (nSPS) is 18.9. The van der Waals surface area contributed by atoms with Crippen LogP contribution in [0.3, 0.4) is 0 Å². The first-order valence-corrected chi connectivity index (χ1v) is 8.75. The van der Waals surface area contributed by atoms with E-state index in [-0.39, 0.29) is 17.6 Å². The van der Waals surface area contributed by atoms with Crippen LogP contribution in [0.15, 0.2) is 5.16 Å². The molecule has 1 aromatic heterocycles. The average molecular weight is 324 g/mol. The van der Waals surface area contributed by atoms with E-state index in [1.165, 1.54) is 11.8 Å². The fourth-order valence-electron chi connectivity index (χ4n) is 2.58. The largest absolute Gasteiger partial charge is 0.370 e. The predicted molar refractivity (Wildman–Crippen MR) is 85.5 cm³/mol. The number of amides is 1. The second-order valence-electron chi connectivity index (χ2n) is 6.19. The standard InChI is InChI=1S/C15H24N4O2S/c1-10(2)9-19-14(8-7-13(16)21)17-18-15(19)22-12-6-4-3-5-11(12)20/h10,12H,3-9H2,1-2H3,(H2,16,21). The van der Waals surface area contributed by atoms with Crippen molar-refractivity contribution in [2.75, 3.05) is 0 Å². The van der Waals surface area contributed by atoms with Gasteiger partial charge in [0.2, 0.25) is 5.91 Å². The Morgan fingerprint density at radius 3 is 2.82 bits per heavy atom. The number of hydrogen-bond acceptors (Lipinski definition) is 5.